The van der Waals surface area contributed by atoms with Crippen LogP contribution in [0.4, 0.5) is 13.2 Å². The Balaban J connectivity index is 0.000000606. The quantitative estimate of drug-likeness (QED) is 0.805. The highest BCUT2D eigenvalue weighted by Gasteiger charge is 2.31. The summed E-state index contributed by atoms with van der Waals surface area (Å²) in [7, 11) is 0. The van der Waals surface area contributed by atoms with Crippen LogP contribution in [0.2, 0.25) is 0 Å². The van der Waals surface area contributed by atoms with Gasteiger partial charge >= 0.3 is 6.18 Å². The fraction of sp³-hybridized carbons (Fsp3) is 0.545. The van der Waals surface area contributed by atoms with E-state index >= 15 is 0 Å². The van der Waals surface area contributed by atoms with Gasteiger partial charge in [-0.1, -0.05) is 13.8 Å². The fourth-order valence-corrected chi connectivity index (χ4v) is 1.31. The third-order valence-corrected chi connectivity index (χ3v) is 2.31. The number of nitrogens with one attached hydrogen (secondary N) is 1. The zero-order chi connectivity index (χ0) is 12.2. The lowest BCUT2D eigenvalue weighted by atomic mass is 9.98. The second-order valence-electron chi connectivity index (χ2n) is 3.32. The van der Waals surface area contributed by atoms with E-state index in [9.17, 15) is 13.2 Å². The Morgan fingerprint density at radius 3 is 2.19 bits per heavy atom. The second kappa shape index (κ2) is 5.30. The molecule has 1 aromatic rings. The molecule has 0 atom stereocenters. The molecule has 0 bridgehead atoms. The van der Waals surface area contributed by atoms with Gasteiger partial charge in [0.05, 0.1) is 5.56 Å². The van der Waals surface area contributed by atoms with Gasteiger partial charge in [0.15, 0.2) is 0 Å². The van der Waals surface area contributed by atoms with Gasteiger partial charge in [0, 0.05) is 30.9 Å². The molecule has 1 aromatic heterocycles. The number of nitrogens with zero attached hydrogens (tertiary/aromatic N) is 1. The third-order valence-electron chi connectivity index (χ3n) is 2.31. The van der Waals surface area contributed by atoms with Crippen molar-refractivity contribution in [3.63, 3.8) is 0 Å². The lowest BCUT2D eigenvalue weighted by Gasteiger charge is -2.26. The molecule has 0 amide bonds. The zero-order valence-electron chi connectivity index (χ0n) is 9.30. The summed E-state index contributed by atoms with van der Waals surface area (Å²) < 4.78 is 36.5. The van der Waals surface area contributed by atoms with Gasteiger partial charge in [0.25, 0.3) is 0 Å². The van der Waals surface area contributed by atoms with E-state index < -0.39 is 11.7 Å². The minimum Gasteiger partial charge on any atom is -0.315 e. The third kappa shape index (κ3) is 2.95. The molecule has 1 aliphatic heterocycles. The first-order valence-electron chi connectivity index (χ1n) is 5.31. The molecule has 2 rings (SSSR count). The predicted octanol–water partition coefficient (Wildman–Crippen LogP) is 2.81. The van der Waals surface area contributed by atoms with Crippen molar-refractivity contribution in [1.82, 2.24) is 10.3 Å². The highest BCUT2D eigenvalue weighted by Crippen LogP contribution is 2.29. The largest absolute Gasteiger partial charge is 0.417 e. The zero-order valence-corrected chi connectivity index (χ0v) is 9.30. The SMILES string of the molecule is CC.FC(F)(F)c1ccc(C2CNC2)nc1. The Kier molecular flexibility index (Phi) is 4.29. The fourth-order valence-electron chi connectivity index (χ4n) is 1.31. The van der Waals surface area contributed by atoms with Gasteiger partial charge < -0.3 is 5.32 Å². The van der Waals surface area contributed by atoms with Crippen LogP contribution < -0.4 is 5.32 Å². The molecule has 0 unspecified atom stereocenters. The summed E-state index contributed by atoms with van der Waals surface area (Å²) in [5.74, 6) is 0.275. The number of hydrogen-bond donors (Lipinski definition) is 1. The monoisotopic (exact) mass is 232 g/mol. The van der Waals surface area contributed by atoms with Gasteiger partial charge in [-0.25, -0.2) is 0 Å². The van der Waals surface area contributed by atoms with Crippen LogP contribution in [-0.4, -0.2) is 18.1 Å². The molecule has 0 saturated carbocycles. The van der Waals surface area contributed by atoms with Crippen LogP contribution in [0.15, 0.2) is 18.3 Å². The van der Waals surface area contributed by atoms with Crippen LogP contribution in [-0.2, 0) is 6.18 Å². The minimum atomic E-state index is -4.29. The average molecular weight is 232 g/mol. The second-order valence-corrected chi connectivity index (χ2v) is 3.32. The maximum absolute atomic E-state index is 12.2. The van der Waals surface area contributed by atoms with Crippen LogP contribution in [0, 0.1) is 0 Å². The Labute approximate surface area is 92.9 Å². The van der Waals surface area contributed by atoms with E-state index in [1.165, 1.54) is 6.07 Å². The lowest BCUT2D eigenvalue weighted by Crippen LogP contribution is -2.40. The number of hydrogen-bond acceptors (Lipinski definition) is 2. The van der Waals surface area contributed by atoms with E-state index in [1.54, 1.807) is 0 Å². The molecule has 1 aliphatic rings. The molecule has 0 radical (unpaired) electrons. The maximum Gasteiger partial charge on any atom is 0.417 e. The van der Waals surface area contributed by atoms with Crippen molar-refractivity contribution in [2.24, 2.45) is 0 Å². The van der Waals surface area contributed by atoms with Gasteiger partial charge in [0.2, 0.25) is 0 Å². The number of rotatable bonds is 1. The lowest BCUT2D eigenvalue weighted by molar-refractivity contribution is -0.137. The number of pyridine rings is 1. The molecule has 0 aliphatic carbocycles. The minimum absolute atomic E-state index is 0.275. The molecule has 5 heteroatoms. The molecule has 0 aromatic carbocycles. The predicted molar refractivity (Wildman–Crippen MR) is 56.2 cm³/mol. The van der Waals surface area contributed by atoms with Crippen LogP contribution in [0.5, 0.6) is 0 Å². The molecule has 0 spiro atoms. The molecular weight excluding hydrogens is 217 g/mol. The van der Waals surface area contributed by atoms with E-state index in [4.69, 9.17) is 0 Å². The average Bonchev–Trinajstić information content (AvgIpc) is 2.18. The van der Waals surface area contributed by atoms with Gasteiger partial charge in [-0.2, -0.15) is 13.2 Å². The van der Waals surface area contributed by atoms with Crippen molar-refractivity contribution in [2.45, 2.75) is 25.9 Å². The first-order valence-corrected chi connectivity index (χ1v) is 5.31. The summed E-state index contributed by atoms with van der Waals surface area (Å²) in [5.41, 5.74) is 0.0466. The Morgan fingerprint density at radius 2 is 1.88 bits per heavy atom. The van der Waals surface area contributed by atoms with Crippen molar-refractivity contribution in [2.75, 3.05) is 13.1 Å². The van der Waals surface area contributed by atoms with E-state index in [0.29, 0.717) is 0 Å². The summed E-state index contributed by atoms with van der Waals surface area (Å²) in [4.78, 5) is 3.81. The normalized spacial score (nSPS) is 16.1. The summed E-state index contributed by atoms with van der Waals surface area (Å²) in [6.45, 7) is 5.61. The van der Waals surface area contributed by atoms with Crippen LogP contribution in [0.1, 0.15) is 31.0 Å². The van der Waals surface area contributed by atoms with E-state index in [-0.39, 0.29) is 5.92 Å². The van der Waals surface area contributed by atoms with Gasteiger partial charge in [0.1, 0.15) is 0 Å². The number of aromatic nitrogens is 1. The molecule has 1 saturated heterocycles. The molecule has 1 fully saturated rings. The van der Waals surface area contributed by atoms with Gasteiger partial charge in [-0.15, -0.1) is 0 Å². The summed E-state index contributed by atoms with van der Waals surface area (Å²) in [5, 5.41) is 3.04. The van der Waals surface area contributed by atoms with Gasteiger partial charge in [-0.3, -0.25) is 4.98 Å². The summed E-state index contributed by atoms with van der Waals surface area (Å²) in [6.07, 6.45) is -3.39. The number of alkyl halides is 3. The van der Waals surface area contributed by atoms with Crippen molar-refractivity contribution >= 4 is 0 Å². The van der Waals surface area contributed by atoms with Crippen LogP contribution in [0.3, 0.4) is 0 Å². The van der Waals surface area contributed by atoms with Crippen molar-refractivity contribution in [3.05, 3.63) is 29.6 Å². The molecular formula is C11H15F3N2. The highest BCUT2D eigenvalue weighted by atomic mass is 19.4. The van der Waals surface area contributed by atoms with Crippen molar-refractivity contribution in [3.8, 4) is 0 Å². The Hall–Kier alpha value is -1.10. The topological polar surface area (TPSA) is 24.9 Å². The smallest absolute Gasteiger partial charge is 0.315 e. The van der Waals surface area contributed by atoms with Crippen LogP contribution >= 0.6 is 0 Å². The van der Waals surface area contributed by atoms with E-state index in [2.05, 4.69) is 10.3 Å². The first kappa shape index (κ1) is 13.0. The molecule has 16 heavy (non-hydrogen) atoms. The summed E-state index contributed by atoms with van der Waals surface area (Å²) in [6, 6.07) is 2.54. The van der Waals surface area contributed by atoms with Crippen molar-refractivity contribution in [1.29, 1.82) is 0 Å². The standard InChI is InChI=1S/C9H9F3N2.C2H6/c10-9(11,12)7-1-2-8(14-5-7)6-3-13-4-6;1-2/h1-2,5-6,13H,3-4H2;1-2H3. The van der Waals surface area contributed by atoms with Crippen LogP contribution in [0.25, 0.3) is 0 Å². The molecule has 90 valence electrons. The number of halogens is 3. The molecule has 2 nitrogen and oxygen atoms in total. The summed E-state index contributed by atoms with van der Waals surface area (Å²) >= 11 is 0. The van der Waals surface area contributed by atoms with E-state index in [0.717, 1.165) is 31.0 Å². The first-order chi connectivity index (χ1) is 7.57. The van der Waals surface area contributed by atoms with Gasteiger partial charge in [-0.05, 0) is 12.1 Å². The molecule has 1 N–H and O–H groups in total. The maximum atomic E-state index is 12.2. The highest BCUT2D eigenvalue weighted by molar-refractivity contribution is 5.21. The molecule has 2 heterocycles. The Morgan fingerprint density at radius 1 is 1.25 bits per heavy atom. The van der Waals surface area contributed by atoms with Crippen molar-refractivity contribution < 1.29 is 13.2 Å². The Bertz CT molecular complexity index is 315. The van der Waals surface area contributed by atoms with E-state index in [1.807, 2.05) is 13.8 Å².